The maximum absolute atomic E-state index is 12.3. The van der Waals surface area contributed by atoms with Gasteiger partial charge in [0, 0.05) is 18.3 Å². The van der Waals surface area contributed by atoms with Gasteiger partial charge in [-0.05, 0) is 44.0 Å². The normalized spacial score (nSPS) is 10.4. The zero-order valence-corrected chi connectivity index (χ0v) is 15.9. The number of aromatic nitrogens is 3. The lowest BCUT2D eigenvalue weighted by atomic mass is 10.2. The van der Waals surface area contributed by atoms with Gasteiger partial charge >= 0.3 is 0 Å². The number of non-ortho nitro benzene ring substituents is 1. The highest BCUT2D eigenvalue weighted by atomic mass is 79.9. The number of benzene rings is 1. The molecular formula is C15H9Br2N5O4. The van der Waals surface area contributed by atoms with Gasteiger partial charge < -0.3 is 10.1 Å². The standard InChI is InChI=1S/C15H9Br2N5O4/c16-12-13(20-21-14(12)17)15(23)19-8-4-9(22(24)25)6-11(5-8)26-10-2-1-3-18-7-10/h1-7H,(H,19,23)(H,20,21). The van der Waals surface area contributed by atoms with Gasteiger partial charge in [0.1, 0.15) is 16.1 Å². The van der Waals surface area contributed by atoms with E-state index < -0.39 is 10.8 Å². The van der Waals surface area contributed by atoms with Crippen LogP contribution in [0.25, 0.3) is 0 Å². The first kappa shape index (κ1) is 18.0. The van der Waals surface area contributed by atoms with Gasteiger partial charge in [0.2, 0.25) is 0 Å². The number of amides is 1. The van der Waals surface area contributed by atoms with Crippen molar-refractivity contribution in [2.75, 3.05) is 5.32 Å². The predicted molar refractivity (Wildman–Crippen MR) is 99.3 cm³/mol. The number of ether oxygens (including phenoxy) is 1. The largest absolute Gasteiger partial charge is 0.455 e. The Morgan fingerprint density at radius 3 is 2.69 bits per heavy atom. The summed E-state index contributed by atoms with van der Waals surface area (Å²) in [6, 6.07) is 7.27. The molecule has 2 aromatic heterocycles. The third-order valence-corrected chi connectivity index (χ3v) is 4.99. The van der Waals surface area contributed by atoms with Crippen molar-refractivity contribution in [3.05, 3.63) is 67.6 Å². The Morgan fingerprint density at radius 2 is 2.08 bits per heavy atom. The van der Waals surface area contributed by atoms with Crippen molar-refractivity contribution in [3.8, 4) is 11.5 Å². The topological polar surface area (TPSA) is 123 Å². The molecule has 3 rings (SSSR count). The molecule has 0 saturated heterocycles. The van der Waals surface area contributed by atoms with Gasteiger partial charge in [-0.25, -0.2) is 0 Å². The molecule has 1 aromatic carbocycles. The molecule has 1 amide bonds. The number of carbonyl (C=O) groups excluding carboxylic acids is 1. The number of pyridine rings is 1. The Morgan fingerprint density at radius 1 is 1.27 bits per heavy atom. The molecule has 2 heterocycles. The van der Waals surface area contributed by atoms with Gasteiger partial charge in [0.05, 0.1) is 27.3 Å². The van der Waals surface area contributed by atoms with Crippen molar-refractivity contribution in [2.45, 2.75) is 0 Å². The molecule has 2 N–H and O–H groups in total. The third-order valence-electron chi connectivity index (χ3n) is 3.11. The lowest BCUT2D eigenvalue weighted by Gasteiger charge is -2.08. The number of carbonyl (C=O) groups is 1. The van der Waals surface area contributed by atoms with Gasteiger partial charge in [-0.3, -0.25) is 25.0 Å². The molecule has 0 radical (unpaired) electrons. The molecule has 11 heteroatoms. The summed E-state index contributed by atoms with van der Waals surface area (Å²) in [6.45, 7) is 0. The summed E-state index contributed by atoms with van der Waals surface area (Å²) in [5.74, 6) is 0.0423. The van der Waals surface area contributed by atoms with Crippen LogP contribution >= 0.6 is 31.9 Å². The molecule has 0 aliphatic rings. The van der Waals surface area contributed by atoms with Crippen molar-refractivity contribution in [3.63, 3.8) is 0 Å². The van der Waals surface area contributed by atoms with Crippen LogP contribution in [0.1, 0.15) is 10.5 Å². The summed E-state index contributed by atoms with van der Waals surface area (Å²) in [7, 11) is 0. The SMILES string of the molecule is O=C(Nc1cc(Oc2cccnc2)cc([N+](=O)[O-])c1)c1n[nH]c(Br)c1Br. The van der Waals surface area contributed by atoms with Crippen LogP contribution in [0.4, 0.5) is 11.4 Å². The minimum atomic E-state index is -0.577. The van der Waals surface area contributed by atoms with E-state index in [0.29, 0.717) is 14.8 Å². The minimum absolute atomic E-state index is 0.0955. The number of hydrogen-bond acceptors (Lipinski definition) is 6. The smallest absolute Gasteiger partial charge is 0.277 e. The van der Waals surface area contributed by atoms with E-state index in [9.17, 15) is 14.9 Å². The maximum atomic E-state index is 12.3. The van der Waals surface area contributed by atoms with Crippen molar-refractivity contribution in [1.82, 2.24) is 15.2 Å². The highest BCUT2D eigenvalue weighted by Crippen LogP contribution is 2.30. The van der Waals surface area contributed by atoms with Gasteiger partial charge in [0.25, 0.3) is 11.6 Å². The molecule has 9 nitrogen and oxygen atoms in total. The number of nitrogens with zero attached hydrogens (tertiary/aromatic N) is 3. The summed E-state index contributed by atoms with van der Waals surface area (Å²) in [5.41, 5.74) is 0.0520. The molecule has 0 spiro atoms. The summed E-state index contributed by atoms with van der Waals surface area (Å²) in [5, 5.41) is 20.2. The van der Waals surface area contributed by atoms with Crippen LogP contribution in [-0.2, 0) is 0 Å². The van der Waals surface area contributed by atoms with Crippen molar-refractivity contribution >= 4 is 49.1 Å². The highest BCUT2D eigenvalue weighted by Gasteiger charge is 2.19. The van der Waals surface area contributed by atoms with Crippen LogP contribution in [-0.4, -0.2) is 26.0 Å². The fourth-order valence-electron chi connectivity index (χ4n) is 2.01. The Balaban J connectivity index is 1.89. The number of anilines is 1. The van der Waals surface area contributed by atoms with Crippen LogP contribution in [0.5, 0.6) is 11.5 Å². The lowest BCUT2D eigenvalue weighted by molar-refractivity contribution is -0.384. The average Bonchev–Trinajstić information content (AvgIpc) is 2.95. The Bertz CT molecular complexity index is 977. The minimum Gasteiger partial charge on any atom is -0.455 e. The van der Waals surface area contributed by atoms with Crippen LogP contribution < -0.4 is 10.1 Å². The van der Waals surface area contributed by atoms with E-state index in [2.05, 4.69) is 52.4 Å². The molecule has 0 saturated carbocycles. The van der Waals surface area contributed by atoms with E-state index in [4.69, 9.17) is 4.74 Å². The summed E-state index contributed by atoms with van der Waals surface area (Å²) in [6.07, 6.45) is 3.04. The van der Waals surface area contributed by atoms with E-state index in [0.717, 1.165) is 0 Å². The van der Waals surface area contributed by atoms with Gasteiger partial charge in [-0.1, -0.05) is 0 Å². The quantitative estimate of drug-likeness (QED) is 0.413. The fraction of sp³-hybridized carbons (Fsp3) is 0. The zero-order chi connectivity index (χ0) is 18.7. The molecule has 0 aliphatic heterocycles. The predicted octanol–water partition coefficient (Wildman–Crippen LogP) is 4.28. The molecule has 0 unspecified atom stereocenters. The second-order valence-electron chi connectivity index (χ2n) is 4.92. The molecule has 3 aromatic rings. The van der Waals surface area contributed by atoms with E-state index in [1.54, 1.807) is 18.3 Å². The number of H-pyrrole nitrogens is 1. The number of nitro benzene ring substituents is 1. The first-order chi connectivity index (χ1) is 12.4. The number of halogens is 2. The Hall–Kier alpha value is -2.79. The molecular weight excluding hydrogens is 474 g/mol. The summed E-state index contributed by atoms with van der Waals surface area (Å²) in [4.78, 5) is 26.8. The van der Waals surface area contributed by atoms with E-state index in [-0.39, 0.29) is 22.8 Å². The first-order valence-corrected chi connectivity index (χ1v) is 8.60. The van der Waals surface area contributed by atoms with Crippen LogP contribution in [0.2, 0.25) is 0 Å². The number of hydrogen-bond donors (Lipinski definition) is 2. The van der Waals surface area contributed by atoms with E-state index >= 15 is 0 Å². The van der Waals surface area contributed by atoms with E-state index in [1.807, 2.05) is 0 Å². The molecule has 0 bridgehead atoms. The fourth-order valence-corrected chi connectivity index (χ4v) is 2.65. The monoisotopic (exact) mass is 481 g/mol. The van der Waals surface area contributed by atoms with E-state index in [1.165, 1.54) is 24.4 Å². The van der Waals surface area contributed by atoms with Crippen molar-refractivity contribution < 1.29 is 14.5 Å². The maximum Gasteiger partial charge on any atom is 0.277 e. The van der Waals surface area contributed by atoms with Crippen molar-refractivity contribution in [1.29, 1.82) is 0 Å². The number of rotatable bonds is 5. The zero-order valence-electron chi connectivity index (χ0n) is 12.8. The summed E-state index contributed by atoms with van der Waals surface area (Å²) < 4.78 is 6.51. The summed E-state index contributed by atoms with van der Waals surface area (Å²) >= 11 is 6.41. The number of nitrogens with one attached hydrogen (secondary N) is 2. The highest BCUT2D eigenvalue weighted by molar-refractivity contribution is 9.13. The molecule has 0 aliphatic carbocycles. The third kappa shape index (κ3) is 4.06. The molecule has 26 heavy (non-hydrogen) atoms. The first-order valence-electron chi connectivity index (χ1n) is 7.02. The lowest BCUT2D eigenvalue weighted by Crippen LogP contribution is -2.13. The second-order valence-corrected chi connectivity index (χ2v) is 6.50. The number of nitro groups is 1. The Kier molecular flexibility index (Phi) is 5.28. The number of aromatic amines is 1. The van der Waals surface area contributed by atoms with Crippen LogP contribution in [0.3, 0.4) is 0 Å². The molecule has 132 valence electrons. The molecule has 0 atom stereocenters. The van der Waals surface area contributed by atoms with Gasteiger partial charge in [-0.15, -0.1) is 0 Å². The van der Waals surface area contributed by atoms with Crippen LogP contribution in [0, 0.1) is 10.1 Å². The van der Waals surface area contributed by atoms with Crippen molar-refractivity contribution in [2.24, 2.45) is 0 Å². The van der Waals surface area contributed by atoms with Gasteiger partial charge in [-0.2, -0.15) is 5.10 Å². The van der Waals surface area contributed by atoms with Crippen LogP contribution in [0.15, 0.2) is 51.8 Å². The van der Waals surface area contributed by atoms with Gasteiger partial charge in [0.15, 0.2) is 5.69 Å². The second kappa shape index (κ2) is 7.62. The Labute approximate surface area is 163 Å². The molecule has 0 fully saturated rings. The average molecular weight is 483 g/mol.